The van der Waals surface area contributed by atoms with Crippen molar-refractivity contribution in [1.82, 2.24) is 15.6 Å². The molecule has 4 rings (SSSR count). The summed E-state index contributed by atoms with van der Waals surface area (Å²) >= 11 is 0. The number of piperidine rings is 1. The number of H-pyrrole nitrogens is 1. The predicted molar refractivity (Wildman–Crippen MR) is 115 cm³/mol. The lowest BCUT2D eigenvalue weighted by Crippen LogP contribution is -2.47. The van der Waals surface area contributed by atoms with Gasteiger partial charge in [0.05, 0.1) is 11.8 Å². The summed E-state index contributed by atoms with van der Waals surface area (Å²) in [5.74, 6) is -1.12. The highest BCUT2D eigenvalue weighted by molar-refractivity contribution is 5.93. The van der Waals surface area contributed by atoms with Crippen LogP contribution >= 0.6 is 0 Å². The summed E-state index contributed by atoms with van der Waals surface area (Å²) in [4.78, 5) is 28.4. The Bertz CT molecular complexity index is 1030. The van der Waals surface area contributed by atoms with E-state index in [1.165, 1.54) is 35.2 Å². The van der Waals surface area contributed by atoms with Gasteiger partial charge in [-0.05, 0) is 48.7 Å². The minimum absolute atomic E-state index is 0.0402. The smallest absolute Gasteiger partial charge is 0.228 e. The molecule has 7 heteroatoms. The van der Waals surface area contributed by atoms with Gasteiger partial charge in [-0.2, -0.15) is 0 Å². The van der Waals surface area contributed by atoms with Gasteiger partial charge in [-0.15, -0.1) is 0 Å². The van der Waals surface area contributed by atoms with Crippen molar-refractivity contribution in [2.75, 3.05) is 25.0 Å². The molecule has 1 saturated heterocycles. The van der Waals surface area contributed by atoms with Gasteiger partial charge in [0.25, 0.3) is 0 Å². The van der Waals surface area contributed by atoms with Crippen molar-refractivity contribution in [2.45, 2.75) is 12.8 Å². The summed E-state index contributed by atoms with van der Waals surface area (Å²) < 4.78 is 13.0. The summed E-state index contributed by atoms with van der Waals surface area (Å²) in [6.45, 7) is 1.62. The summed E-state index contributed by atoms with van der Waals surface area (Å²) in [5.41, 5.74) is 2.81. The van der Waals surface area contributed by atoms with Crippen molar-refractivity contribution in [3.8, 4) is 0 Å². The Morgan fingerprint density at radius 2 is 1.73 bits per heavy atom. The van der Waals surface area contributed by atoms with Gasteiger partial charge in [0, 0.05) is 42.4 Å². The highest BCUT2D eigenvalue weighted by Crippen LogP contribution is 2.20. The molecule has 2 aromatic carbocycles. The van der Waals surface area contributed by atoms with Crippen LogP contribution in [0.15, 0.2) is 54.7 Å². The molecule has 1 aliphatic heterocycles. The zero-order chi connectivity index (χ0) is 20.9. The third kappa shape index (κ3) is 4.68. The molecule has 156 valence electrons. The summed E-state index contributed by atoms with van der Waals surface area (Å²) in [6.07, 6.45) is 3.21. The maximum Gasteiger partial charge on any atom is 0.228 e. The number of fused-ring (bicyclic) bond motifs is 1. The molecular formula is C23H25FN4O2. The summed E-state index contributed by atoms with van der Waals surface area (Å²) in [5, 5.41) is 10.2. The van der Waals surface area contributed by atoms with Crippen molar-refractivity contribution in [3.05, 3.63) is 66.1 Å². The van der Waals surface area contributed by atoms with Crippen LogP contribution in [0.3, 0.4) is 0 Å². The second kappa shape index (κ2) is 9.09. The number of carbonyl (C=O) groups is 2. The molecule has 1 aliphatic rings. The molecule has 0 saturated carbocycles. The Labute approximate surface area is 174 Å². The first-order chi connectivity index (χ1) is 14.6. The van der Waals surface area contributed by atoms with E-state index in [0.717, 1.165) is 11.9 Å². The fourth-order valence-corrected chi connectivity index (χ4v) is 3.92. The molecule has 2 heterocycles. The van der Waals surface area contributed by atoms with Crippen LogP contribution < -0.4 is 16.0 Å². The number of benzene rings is 2. The maximum atomic E-state index is 13.0. The Kier molecular flexibility index (Phi) is 6.09. The molecule has 0 aliphatic carbocycles. The second-order valence-electron chi connectivity index (χ2n) is 7.68. The number of anilines is 1. The van der Waals surface area contributed by atoms with Gasteiger partial charge in [0.15, 0.2) is 0 Å². The van der Waals surface area contributed by atoms with E-state index in [2.05, 4.69) is 27.0 Å². The monoisotopic (exact) mass is 408 g/mol. The van der Waals surface area contributed by atoms with E-state index in [-0.39, 0.29) is 29.5 Å². The fourth-order valence-electron chi connectivity index (χ4n) is 3.92. The van der Waals surface area contributed by atoms with Gasteiger partial charge < -0.3 is 20.9 Å². The lowest BCUT2D eigenvalue weighted by Gasteiger charge is -2.28. The maximum absolute atomic E-state index is 13.0. The third-order valence-corrected chi connectivity index (χ3v) is 5.57. The summed E-state index contributed by atoms with van der Waals surface area (Å²) in [6, 6.07) is 13.8. The van der Waals surface area contributed by atoms with Gasteiger partial charge in [0.1, 0.15) is 5.82 Å². The minimum Gasteiger partial charge on any atom is -0.361 e. The van der Waals surface area contributed by atoms with Gasteiger partial charge in [0.2, 0.25) is 11.8 Å². The standard InChI is InChI=1S/C23H25FN4O2/c24-18-5-7-19(8-6-18)28-23(30)17-11-16(12-25-13-17)22(29)26-10-9-15-14-27-21-4-2-1-3-20(15)21/h1-8,14,16-17,25,27H,9-13H2,(H,26,29)(H,28,30)/t16-,17+/m0/s1. The number of para-hydroxylation sites is 1. The van der Waals surface area contributed by atoms with Crippen LogP contribution in [-0.2, 0) is 16.0 Å². The molecule has 0 unspecified atom stereocenters. The fraction of sp³-hybridized carbons (Fsp3) is 0.304. The number of halogens is 1. The lowest BCUT2D eigenvalue weighted by molar-refractivity contribution is -0.127. The normalized spacial score (nSPS) is 18.8. The SMILES string of the molecule is O=C(NCCc1c[nH]c2ccccc12)[C@@H]1CNC[C@H](C(=O)Nc2ccc(F)cc2)C1. The molecule has 2 atom stereocenters. The first-order valence-electron chi connectivity index (χ1n) is 10.2. The lowest BCUT2D eigenvalue weighted by atomic mass is 9.89. The number of aromatic nitrogens is 1. The topological polar surface area (TPSA) is 86.0 Å². The van der Waals surface area contributed by atoms with E-state index >= 15 is 0 Å². The van der Waals surface area contributed by atoms with Crippen molar-refractivity contribution in [2.24, 2.45) is 11.8 Å². The van der Waals surface area contributed by atoms with E-state index in [1.54, 1.807) is 0 Å². The van der Waals surface area contributed by atoms with Crippen LogP contribution in [0.1, 0.15) is 12.0 Å². The molecule has 4 N–H and O–H groups in total. The number of rotatable bonds is 6. The average Bonchev–Trinajstić information content (AvgIpc) is 3.18. The van der Waals surface area contributed by atoms with Gasteiger partial charge in [-0.3, -0.25) is 9.59 Å². The van der Waals surface area contributed by atoms with Crippen molar-refractivity contribution in [1.29, 1.82) is 0 Å². The van der Waals surface area contributed by atoms with E-state index in [1.807, 2.05) is 24.4 Å². The van der Waals surface area contributed by atoms with Gasteiger partial charge >= 0.3 is 0 Å². The first kappa shape index (κ1) is 20.1. The van der Waals surface area contributed by atoms with Gasteiger partial charge in [-0.25, -0.2) is 4.39 Å². The number of hydrogen-bond donors (Lipinski definition) is 4. The van der Waals surface area contributed by atoms with Crippen LogP contribution in [0.5, 0.6) is 0 Å². The molecule has 3 aromatic rings. The average molecular weight is 408 g/mol. The molecule has 0 radical (unpaired) electrons. The third-order valence-electron chi connectivity index (χ3n) is 5.57. The first-order valence-corrected chi connectivity index (χ1v) is 10.2. The van der Waals surface area contributed by atoms with Crippen LogP contribution in [-0.4, -0.2) is 36.4 Å². The quantitative estimate of drug-likeness (QED) is 0.506. The van der Waals surface area contributed by atoms with Crippen LogP contribution in [0, 0.1) is 17.7 Å². The highest BCUT2D eigenvalue weighted by atomic mass is 19.1. The van der Waals surface area contributed by atoms with E-state index in [0.29, 0.717) is 31.7 Å². The molecule has 1 fully saturated rings. The van der Waals surface area contributed by atoms with Crippen molar-refractivity contribution >= 4 is 28.4 Å². The molecule has 0 spiro atoms. The number of hydrogen-bond acceptors (Lipinski definition) is 3. The number of amides is 2. The Balaban J connectivity index is 1.27. The Hall–Kier alpha value is -3.19. The molecule has 30 heavy (non-hydrogen) atoms. The van der Waals surface area contributed by atoms with E-state index < -0.39 is 0 Å². The van der Waals surface area contributed by atoms with Crippen LogP contribution in [0.25, 0.3) is 10.9 Å². The van der Waals surface area contributed by atoms with Gasteiger partial charge in [-0.1, -0.05) is 18.2 Å². The molecule has 1 aromatic heterocycles. The Morgan fingerprint density at radius 3 is 2.53 bits per heavy atom. The highest BCUT2D eigenvalue weighted by Gasteiger charge is 2.31. The van der Waals surface area contributed by atoms with Crippen molar-refractivity contribution < 1.29 is 14.0 Å². The number of nitrogens with one attached hydrogen (secondary N) is 4. The molecule has 6 nitrogen and oxygen atoms in total. The van der Waals surface area contributed by atoms with Crippen LogP contribution in [0.2, 0.25) is 0 Å². The zero-order valence-electron chi connectivity index (χ0n) is 16.6. The number of carbonyl (C=O) groups excluding carboxylic acids is 2. The Morgan fingerprint density at radius 1 is 1.00 bits per heavy atom. The molecule has 2 amide bonds. The van der Waals surface area contributed by atoms with Crippen LogP contribution in [0.4, 0.5) is 10.1 Å². The summed E-state index contributed by atoms with van der Waals surface area (Å²) in [7, 11) is 0. The number of aromatic amines is 1. The predicted octanol–water partition coefficient (Wildman–Crippen LogP) is 2.83. The second-order valence-corrected chi connectivity index (χ2v) is 7.68. The molecule has 0 bridgehead atoms. The largest absolute Gasteiger partial charge is 0.361 e. The van der Waals surface area contributed by atoms with E-state index in [4.69, 9.17) is 0 Å². The zero-order valence-corrected chi connectivity index (χ0v) is 16.6. The van der Waals surface area contributed by atoms with E-state index in [9.17, 15) is 14.0 Å². The minimum atomic E-state index is -0.350. The molecular weight excluding hydrogens is 383 g/mol. The van der Waals surface area contributed by atoms with Crippen molar-refractivity contribution in [3.63, 3.8) is 0 Å².